The van der Waals surface area contributed by atoms with E-state index in [0.29, 0.717) is 0 Å². The van der Waals surface area contributed by atoms with Crippen LogP contribution in [0.25, 0.3) is 5.69 Å². The minimum absolute atomic E-state index is 0.0840. The van der Waals surface area contributed by atoms with Crippen LogP contribution in [0.2, 0.25) is 0 Å². The lowest BCUT2D eigenvalue weighted by atomic mass is 9.94. The Labute approximate surface area is 119 Å². The zero-order valence-corrected chi connectivity index (χ0v) is 12.0. The Morgan fingerprint density at radius 1 is 1.40 bits per heavy atom. The molecule has 0 bridgehead atoms. The summed E-state index contributed by atoms with van der Waals surface area (Å²) in [6.07, 6.45) is 5.08. The fourth-order valence-corrected chi connectivity index (χ4v) is 2.56. The minimum atomic E-state index is 0.0840. The second-order valence-electron chi connectivity index (χ2n) is 5.65. The number of hydrogen-bond acceptors (Lipinski definition) is 3. The average molecular weight is 271 g/mol. The molecule has 1 aliphatic rings. The zero-order valence-electron chi connectivity index (χ0n) is 12.0. The maximum atomic E-state index is 5.65. The van der Waals surface area contributed by atoms with Crippen LogP contribution in [0.3, 0.4) is 0 Å². The Hall–Kier alpha value is -1.65. The predicted octanol–water partition coefficient (Wildman–Crippen LogP) is 2.53. The Bertz CT molecular complexity index is 550. The lowest BCUT2D eigenvalue weighted by molar-refractivity contribution is 0.0881. The Morgan fingerprint density at radius 2 is 2.20 bits per heavy atom. The highest BCUT2D eigenvalue weighted by molar-refractivity contribution is 5.33. The summed E-state index contributed by atoms with van der Waals surface area (Å²) >= 11 is 0. The second-order valence-corrected chi connectivity index (χ2v) is 5.65. The molecule has 1 aromatic carbocycles. The maximum Gasteiger partial charge on any atom is 0.0726 e. The van der Waals surface area contributed by atoms with Gasteiger partial charge in [-0.05, 0) is 44.0 Å². The van der Waals surface area contributed by atoms with Crippen LogP contribution < -0.4 is 5.32 Å². The van der Waals surface area contributed by atoms with Gasteiger partial charge in [-0.15, -0.1) is 0 Å². The monoisotopic (exact) mass is 271 g/mol. The molecule has 0 saturated carbocycles. The summed E-state index contributed by atoms with van der Waals surface area (Å²) in [5.74, 6) is 0. The Balaban J connectivity index is 1.64. The smallest absolute Gasteiger partial charge is 0.0726 e. The van der Waals surface area contributed by atoms with E-state index in [0.717, 1.165) is 25.3 Å². The predicted molar refractivity (Wildman–Crippen MR) is 78.8 cm³/mol. The van der Waals surface area contributed by atoms with E-state index in [1.165, 1.54) is 5.56 Å². The van der Waals surface area contributed by atoms with Crippen molar-refractivity contribution in [3.05, 3.63) is 48.3 Å². The molecule has 1 fully saturated rings. The van der Waals surface area contributed by atoms with Crippen LogP contribution in [0.15, 0.2) is 42.7 Å². The van der Waals surface area contributed by atoms with Crippen LogP contribution >= 0.6 is 0 Å². The van der Waals surface area contributed by atoms with Crippen molar-refractivity contribution in [2.45, 2.75) is 38.5 Å². The molecule has 2 heterocycles. The molecule has 20 heavy (non-hydrogen) atoms. The van der Waals surface area contributed by atoms with E-state index in [1.807, 2.05) is 16.9 Å². The van der Waals surface area contributed by atoms with Gasteiger partial charge in [0.2, 0.25) is 0 Å². The standard InChI is InChI=1S/C16H21N3O/c1-13-16(2,8-11-20-13)17-12-14-4-6-15(7-5-14)19-10-3-9-18-19/h3-7,9-10,13,17H,8,11-12H2,1-2H3. The molecule has 106 valence electrons. The molecular weight excluding hydrogens is 250 g/mol. The lowest BCUT2D eigenvalue weighted by Crippen LogP contribution is -2.47. The molecule has 0 aliphatic carbocycles. The third-order valence-corrected chi connectivity index (χ3v) is 4.29. The highest BCUT2D eigenvalue weighted by Crippen LogP contribution is 2.25. The summed E-state index contributed by atoms with van der Waals surface area (Å²) in [5.41, 5.74) is 2.45. The zero-order chi connectivity index (χ0) is 14.0. The highest BCUT2D eigenvalue weighted by Gasteiger charge is 2.36. The van der Waals surface area contributed by atoms with Crippen LogP contribution in [-0.4, -0.2) is 28.0 Å². The van der Waals surface area contributed by atoms with Gasteiger partial charge in [0, 0.05) is 31.1 Å². The minimum Gasteiger partial charge on any atom is -0.377 e. The van der Waals surface area contributed by atoms with Crippen molar-refractivity contribution in [1.82, 2.24) is 15.1 Å². The maximum absolute atomic E-state index is 5.65. The first-order chi connectivity index (χ1) is 9.67. The van der Waals surface area contributed by atoms with E-state index in [-0.39, 0.29) is 11.6 Å². The summed E-state index contributed by atoms with van der Waals surface area (Å²) in [4.78, 5) is 0. The number of ether oxygens (including phenoxy) is 1. The summed E-state index contributed by atoms with van der Waals surface area (Å²) in [6, 6.07) is 10.4. The van der Waals surface area contributed by atoms with Crippen LogP contribution in [-0.2, 0) is 11.3 Å². The van der Waals surface area contributed by atoms with Gasteiger partial charge < -0.3 is 10.1 Å². The molecule has 4 nitrogen and oxygen atoms in total. The van der Waals surface area contributed by atoms with Gasteiger partial charge in [-0.1, -0.05) is 12.1 Å². The third kappa shape index (κ3) is 2.62. The topological polar surface area (TPSA) is 39.1 Å². The third-order valence-electron chi connectivity index (χ3n) is 4.29. The van der Waals surface area contributed by atoms with Crippen LogP contribution in [0.5, 0.6) is 0 Å². The van der Waals surface area contributed by atoms with E-state index in [2.05, 4.69) is 48.5 Å². The van der Waals surface area contributed by atoms with Crippen LogP contribution in [0, 0.1) is 0 Å². The number of nitrogens with one attached hydrogen (secondary N) is 1. The summed E-state index contributed by atoms with van der Waals surface area (Å²) < 4.78 is 7.52. The molecule has 1 aromatic heterocycles. The van der Waals surface area contributed by atoms with Gasteiger partial charge in [-0.2, -0.15) is 5.10 Å². The molecule has 1 aliphatic heterocycles. The lowest BCUT2D eigenvalue weighted by Gasteiger charge is -2.29. The van der Waals surface area contributed by atoms with Crippen LogP contribution in [0.4, 0.5) is 0 Å². The van der Waals surface area contributed by atoms with Crippen molar-refractivity contribution in [1.29, 1.82) is 0 Å². The molecule has 2 atom stereocenters. The Morgan fingerprint density at radius 3 is 2.80 bits per heavy atom. The fraction of sp³-hybridized carbons (Fsp3) is 0.438. The summed E-state index contributed by atoms with van der Waals surface area (Å²) in [5, 5.41) is 7.86. The van der Waals surface area contributed by atoms with Crippen molar-refractivity contribution in [3.63, 3.8) is 0 Å². The van der Waals surface area contributed by atoms with Gasteiger partial charge in [0.15, 0.2) is 0 Å². The SMILES string of the molecule is CC1OCCC1(C)NCc1ccc(-n2cccn2)cc1. The molecule has 3 rings (SSSR count). The van der Waals surface area contributed by atoms with Gasteiger partial charge in [0.1, 0.15) is 0 Å². The summed E-state index contributed by atoms with van der Waals surface area (Å²) in [6.45, 7) is 6.09. The molecule has 2 aromatic rings. The van der Waals surface area contributed by atoms with E-state index in [4.69, 9.17) is 4.74 Å². The second kappa shape index (κ2) is 5.38. The quantitative estimate of drug-likeness (QED) is 0.928. The Kier molecular flexibility index (Phi) is 3.59. The normalized spacial score (nSPS) is 26.0. The first-order valence-electron chi connectivity index (χ1n) is 7.13. The van der Waals surface area contributed by atoms with Gasteiger partial charge in [-0.25, -0.2) is 4.68 Å². The van der Waals surface area contributed by atoms with E-state index in [1.54, 1.807) is 6.20 Å². The van der Waals surface area contributed by atoms with Crippen molar-refractivity contribution in [2.75, 3.05) is 6.61 Å². The molecular formula is C16H21N3O. The molecule has 0 spiro atoms. The number of rotatable bonds is 4. The van der Waals surface area contributed by atoms with Crippen molar-refractivity contribution in [3.8, 4) is 5.69 Å². The molecule has 0 radical (unpaired) electrons. The first-order valence-corrected chi connectivity index (χ1v) is 7.13. The van der Waals surface area contributed by atoms with Gasteiger partial charge in [0.25, 0.3) is 0 Å². The van der Waals surface area contributed by atoms with Gasteiger partial charge in [-0.3, -0.25) is 0 Å². The number of aromatic nitrogens is 2. The number of hydrogen-bond donors (Lipinski definition) is 1. The fourth-order valence-electron chi connectivity index (χ4n) is 2.56. The van der Waals surface area contributed by atoms with E-state index in [9.17, 15) is 0 Å². The van der Waals surface area contributed by atoms with Gasteiger partial charge in [0.05, 0.1) is 11.8 Å². The molecule has 1 N–H and O–H groups in total. The molecule has 2 unspecified atom stereocenters. The van der Waals surface area contributed by atoms with Crippen molar-refractivity contribution in [2.24, 2.45) is 0 Å². The van der Waals surface area contributed by atoms with Gasteiger partial charge >= 0.3 is 0 Å². The first kappa shape index (κ1) is 13.3. The molecule has 0 amide bonds. The molecule has 1 saturated heterocycles. The van der Waals surface area contributed by atoms with E-state index < -0.39 is 0 Å². The van der Waals surface area contributed by atoms with E-state index >= 15 is 0 Å². The van der Waals surface area contributed by atoms with Crippen molar-refractivity contribution < 1.29 is 4.74 Å². The highest BCUT2D eigenvalue weighted by atomic mass is 16.5. The average Bonchev–Trinajstić information content (AvgIpc) is 3.09. The van der Waals surface area contributed by atoms with Crippen LogP contribution in [0.1, 0.15) is 25.8 Å². The summed E-state index contributed by atoms with van der Waals surface area (Å²) in [7, 11) is 0. The number of nitrogens with zero attached hydrogens (tertiary/aromatic N) is 2. The molecule has 4 heteroatoms. The largest absolute Gasteiger partial charge is 0.377 e. The van der Waals surface area contributed by atoms with Crippen molar-refractivity contribution >= 4 is 0 Å². The number of benzene rings is 1.